The fraction of sp³-hybridized carbons (Fsp3) is 1.00. The molecule has 96 valence electrons. The normalized spacial score (nSPS) is 30.4. The van der Waals surface area contributed by atoms with Gasteiger partial charge in [-0.25, -0.2) is 0 Å². The van der Waals surface area contributed by atoms with E-state index < -0.39 is 23.8 Å². The third-order valence-corrected chi connectivity index (χ3v) is 2.92. The Kier molecular flexibility index (Phi) is 3.90. The molecule has 0 aromatic carbocycles. The molecule has 0 amide bonds. The van der Waals surface area contributed by atoms with Crippen LogP contribution >= 0.6 is 0 Å². The number of aliphatic hydroxyl groups is 1. The average molecular weight is 240 g/mol. The quantitative estimate of drug-likeness (QED) is 0.821. The second-order valence-corrected chi connectivity index (χ2v) is 5.23. The van der Waals surface area contributed by atoms with Gasteiger partial charge in [0, 0.05) is 12.8 Å². The van der Waals surface area contributed by atoms with Crippen LogP contribution in [-0.2, 0) is 4.74 Å². The van der Waals surface area contributed by atoms with Gasteiger partial charge in [0.05, 0.1) is 17.8 Å². The summed E-state index contributed by atoms with van der Waals surface area (Å²) in [4.78, 5) is 0. The Hall–Kier alpha value is -0.290. The van der Waals surface area contributed by atoms with Crippen molar-refractivity contribution in [3.8, 4) is 0 Å². The fourth-order valence-corrected chi connectivity index (χ4v) is 2.28. The molecule has 0 saturated carbocycles. The lowest BCUT2D eigenvalue weighted by molar-refractivity contribution is -0.157. The van der Waals surface area contributed by atoms with Crippen molar-refractivity contribution in [1.82, 2.24) is 0 Å². The lowest BCUT2D eigenvalue weighted by atomic mass is 9.81. The Morgan fingerprint density at radius 1 is 1.31 bits per heavy atom. The number of halogens is 3. The third kappa shape index (κ3) is 4.70. The minimum Gasteiger partial charge on any atom is -0.390 e. The number of ether oxygens (including phenoxy) is 1. The molecule has 1 heterocycles. The van der Waals surface area contributed by atoms with Gasteiger partial charge in [-0.05, 0) is 33.1 Å². The largest absolute Gasteiger partial charge is 0.390 e. The summed E-state index contributed by atoms with van der Waals surface area (Å²) < 4.78 is 41.4. The van der Waals surface area contributed by atoms with Crippen molar-refractivity contribution >= 4 is 0 Å². The van der Waals surface area contributed by atoms with Crippen LogP contribution in [0.5, 0.6) is 0 Å². The van der Waals surface area contributed by atoms with Gasteiger partial charge in [0.15, 0.2) is 0 Å². The molecule has 1 unspecified atom stereocenters. The second kappa shape index (κ2) is 4.53. The van der Waals surface area contributed by atoms with Gasteiger partial charge < -0.3 is 9.84 Å². The van der Waals surface area contributed by atoms with Crippen molar-refractivity contribution in [1.29, 1.82) is 0 Å². The number of rotatable bonds is 3. The molecule has 16 heavy (non-hydrogen) atoms. The topological polar surface area (TPSA) is 29.5 Å². The van der Waals surface area contributed by atoms with Crippen LogP contribution in [0.4, 0.5) is 13.2 Å². The number of hydrogen-bond donors (Lipinski definition) is 1. The van der Waals surface area contributed by atoms with Crippen molar-refractivity contribution in [2.24, 2.45) is 0 Å². The minimum absolute atomic E-state index is 0.0178. The smallest absolute Gasteiger partial charge is 0.389 e. The Morgan fingerprint density at radius 2 is 1.94 bits per heavy atom. The Balaban J connectivity index is 2.40. The van der Waals surface area contributed by atoms with E-state index in [1.54, 1.807) is 0 Å². The highest BCUT2D eigenvalue weighted by Gasteiger charge is 2.39. The predicted octanol–water partition coefficient (Wildman–Crippen LogP) is 3.04. The summed E-state index contributed by atoms with van der Waals surface area (Å²) >= 11 is 0. The van der Waals surface area contributed by atoms with E-state index >= 15 is 0 Å². The minimum atomic E-state index is -4.13. The molecule has 1 fully saturated rings. The maximum absolute atomic E-state index is 12.0. The molecular formula is C11H19F3O2. The van der Waals surface area contributed by atoms with Gasteiger partial charge in [0.1, 0.15) is 0 Å². The van der Waals surface area contributed by atoms with Crippen molar-refractivity contribution in [2.45, 2.75) is 63.3 Å². The first kappa shape index (κ1) is 13.8. The highest BCUT2D eigenvalue weighted by atomic mass is 19.4. The van der Waals surface area contributed by atoms with E-state index in [1.807, 2.05) is 13.8 Å². The van der Waals surface area contributed by atoms with Gasteiger partial charge in [0.2, 0.25) is 0 Å². The fourth-order valence-electron chi connectivity index (χ4n) is 2.28. The van der Waals surface area contributed by atoms with Crippen LogP contribution < -0.4 is 0 Å². The van der Waals surface area contributed by atoms with Crippen LogP contribution in [0, 0.1) is 0 Å². The molecule has 1 aliphatic heterocycles. The van der Waals surface area contributed by atoms with Crippen LogP contribution in [0.3, 0.4) is 0 Å². The van der Waals surface area contributed by atoms with Crippen molar-refractivity contribution in [3.63, 3.8) is 0 Å². The summed E-state index contributed by atoms with van der Waals surface area (Å²) in [7, 11) is 0. The van der Waals surface area contributed by atoms with E-state index in [0.29, 0.717) is 19.4 Å². The molecule has 1 rings (SSSR count). The molecule has 5 heteroatoms. The SMILES string of the molecule is CC1(C)CC(O)(CCCC(F)(F)F)CCO1. The lowest BCUT2D eigenvalue weighted by Gasteiger charge is -2.41. The molecule has 1 saturated heterocycles. The van der Waals surface area contributed by atoms with E-state index in [2.05, 4.69) is 0 Å². The number of hydrogen-bond acceptors (Lipinski definition) is 2. The summed E-state index contributed by atoms with van der Waals surface area (Å²) in [6.45, 7) is 4.11. The Labute approximate surface area is 93.8 Å². The van der Waals surface area contributed by atoms with Crippen molar-refractivity contribution < 1.29 is 23.0 Å². The maximum atomic E-state index is 12.0. The van der Waals surface area contributed by atoms with Crippen LogP contribution in [0.15, 0.2) is 0 Å². The predicted molar refractivity (Wildman–Crippen MR) is 54.1 cm³/mol. The Morgan fingerprint density at radius 3 is 2.44 bits per heavy atom. The highest BCUT2D eigenvalue weighted by molar-refractivity contribution is 4.90. The molecular weight excluding hydrogens is 221 g/mol. The summed E-state index contributed by atoms with van der Waals surface area (Å²) in [6.07, 6.45) is -3.95. The van der Waals surface area contributed by atoms with E-state index in [1.165, 1.54) is 0 Å². The first-order chi connectivity index (χ1) is 7.12. The maximum Gasteiger partial charge on any atom is 0.389 e. The first-order valence-corrected chi connectivity index (χ1v) is 5.55. The lowest BCUT2D eigenvalue weighted by Crippen LogP contribution is -2.45. The molecule has 1 atom stereocenters. The van der Waals surface area contributed by atoms with Crippen molar-refractivity contribution in [3.05, 3.63) is 0 Å². The standard InChI is InChI=1S/C11H19F3O2/c1-9(2)8-10(15,6-7-16-9)4-3-5-11(12,13)14/h15H,3-8H2,1-2H3. The molecule has 2 nitrogen and oxygen atoms in total. The molecule has 0 aromatic heterocycles. The molecule has 1 N–H and O–H groups in total. The van der Waals surface area contributed by atoms with E-state index in [-0.39, 0.29) is 12.8 Å². The van der Waals surface area contributed by atoms with Gasteiger partial charge in [-0.15, -0.1) is 0 Å². The summed E-state index contributed by atoms with van der Waals surface area (Å²) in [6, 6.07) is 0. The Bertz CT molecular complexity index is 238. The molecule has 0 aromatic rings. The monoisotopic (exact) mass is 240 g/mol. The van der Waals surface area contributed by atoms with E-state index in [4.69, 9.17) is 4.74 Å². The summed E-state index contributed by atoms with van der Waals surface area (Å²) in [5.41, 5.74) is -1.43. The van der Waals surface area contributed by atoms with Crippen LogP contribution in [-0.4, -0.2) is 29.1 Å². The zero-order chi connectivity index (χ0) is 12.4. The average Bonchev–Trinajstić information content (AvgIpc) is 1.97. The van der Waals surface area contributed by atoms with Crippen molar-refractivity contribution in [2.75, 3.05) is 6.61 Å². The highest BCUT2D eigenvalue weighted by Crippen LogP contribution is 2.36. The third-order valence-electron chi connectivity index (χ3n) is 2.92. The van der Waals surface area contributed by atoms with Gasteiger partial charge in [-0.3, -0.25) is 0 Å². The summed E-state index contributed by atoms with van der Waals surface area (Å²) in [5, 5.41) is 10.2. The molecule has 0 spiro atoms. The van der Waals surface area contributed by atoms with Gasteiger partial charge in [-0.2, -0.15) is 13.2 Å². The molecule has 0 bridgehead atoms. The number of alkyl halides is 3. The molecule has 1 aliphatic rings. The summed E-state index contributed by atoms with van der Waals surface area (Å²) in [5.74, 6) is 0. The van der Waals surface area contributed by atoms with Crippen LogP contribution in [0.1, 0.15) is 46.0 Å². The second-order valence-electron chi connectivity index (χ2n) is 5.23. The van der Waals surface area contributed by atoms with Crippen LogP contribution in [0.2, 0.25) is 0 Å². The zero-order valence-corrected chi connectivity index (χ0v) is 9.73. The molecule has 0 aliphatic carbocycles. The van der Waals surface area contributed by atoms with E-state index in [9.17, 15) is 18.3 Å². The van der Waals surface area contributed by atoms with Crippen LogP contribution in [0.25, 0.3) is 0 Å². The van der Waals surface area contributed by atoms with Gasteiger partial charge >= 0.3 is 6.18 Å². The molecule has 0 radical (unpaired) electrons. The zero-order valence-electron chi connectivity index (χ0n) is 9.73. The van der Waals surface area contributed by atoms with Gasteiger partial charge in [0.25, 0.3) is 0 Å². The first-order valence-electron chi connectivity index (χ1n) is 5.55. The van der Waals surface area contributed by atoms with Gasteiger partial charge in [-0.1, -0.05) is 0 Å². The van der Waals surface area contributed by atoms with E-state index in [0.717, 1.165) is 0 Å².